The van der Waals surface area contributed by atoms with Gasteiger partial charge in [0.25, 0.3) is 5.91 Å². The number of carbonyl (C=O) groups excluding carboxylic acids is 2. The van der Waals surface area contributed by atoms with E-state index in [0.29, 0.717) is 35.0 Å². The van der Waals surface area contributed by atoms with Crippen molar-refractivity contribution in [2.45, 2.75) is 19.8 Å². The van der Waals surface area contributed by atoms with Gasteiger partial charge in [0.2, 0.25) is 5.91 Å². The molecule has 0 aliphatic rings. The van der Waals surface area contributed by atoms with Gasteiger partial charge in [-0.2, -0.15) is 0 Å². The van der Waals surface area contributed by atoms with E-state index in [2.05, 4.69) is 22.9 Å². The Morgan fingerprint density at radius 2 is 1.75 bits per heavy atom. The van der Waals surface area contributed by atoms with Crippen LogP contribution in [0.15, 0.2) is 42.5 Å². The first-order valence-electron chi connectivity index (χ1n) is 9.21. The quantitative estimate of drug-likeness (QED) is 0.546. The number of hydrogen-bond donors (Lipinski definition) is 3. The number of ether oxygens (including phenoxy) is 2. The molecule has 7 nitrogen and oxygen atoms in total. The van der Waals surface area contributed by atoms with E-state index in [9.17, 15) is 9.59 Å². The number of nitrogens with one attached hydrogen (secondary N) is 3. The first-order chi connectivity index (χ1) is 13.6. The summed E-state index contributed by atoms with van der Waals surface area (Å²) >= 11 is 0. The van der Waals surface area contributed by atoms with E-state index in [1.165, 1.54) is 0 Å². The van der Waals surface area contributed by atoms with E-state index in [1.807, 2.05) is 0 Å². The largest absolute Gasteiger partial charge is 0.497 e. The molecule has 0 atom stereocenters. The van der Waals surface area contributed by atoms with Crippen molar-refractivity contribution in [2.75, 3.05) is 37.9 Å². The molecule has 0 unspecified atom stereocenters. The zero-order chi connectivity index (χ0) is 20.4. The van der Waals surface area contributed by atoms with Gasteiger partial charge in [0.05, 0.1) is 26.5 Å². The minimum atomic E-state index is -0.218. The Kier molecular flexibility index (Phi) is 8.14. The molecule has 0 aromatic heterocycles. The Balaban J connectivity index is 1.89. The van der Waals surface area contributed by atoms with E-state index in [4.69, 9.17) is 9.47 Å². The van der Waals surface area contributed by atoms with E-state index in [1.54, 1.807) is 56.7 Å². The lowest BCUT2D eigenvalue weighted by molar-refractivity contribution is -0.114. The van der Waals surface area contributed by atoms with Crippen LogP contribution in [0.3, 0.4) is 0 Å². The summed E-state index contributed by atoms with van der Waals surface area (Å²) < 4.78 is 10.5. The molecule has 0 saturated carbocycles. The minimum Gasteiger partial charge on any atom is -0.497 e. The minimum absolute atomic E-state index is 0.0583. The molecule has 0 fully saturated rings. The summed E-state index contributed by atoms with van der Waals surface area (Å²) in [5, 5.41) is 8.69. The van der Waals surface area contributed by atoms with Crippen molar-refractivity contribution in [3.8, 4) is 11.5 Å². The van der Waals surface area contributed by atoms with Crippen molar-refractivity contribution in [1.29, 1.82) is 0 Å². The molecule has 0 radical (unpaired) electrons. The third-order valence-electron chi connectivity index (χ3n) is 4.09. The molecule has 0 spiro atoms. The third-order valence-corrected chi connectivity index (χ3v) is 4.09. The molecular weight excluding hydrogens is 358 g/mol. The molecule has 2 rings (SSSR count). The Morgan fingerprint density at radius 1 is 1.00 bits per heavy atom. The Morgan fingerprint density at radius 3 is 2.39 bits per heavy atom. The fourth-order valence-electron chi connectivity index (χ4n) is 2.52. The molecule has 0 saturated heterocycles. The number of unbranched alkanes of at least 4 members (excludes halogenated alkanes) is 1. The summed E-state index contributed by atoms with van der Waals surface area (Å²) in [4.78, 5) is 24.2. The van der Waals surface area contributed by atoms with E-state index < -0.39 is 0 Å². The van der Waals surface area contributed by atoms with Gasteiger partial charge in [-0.1, -0.05) is 13.3 Å². The molecule has 2 aromatic carbocycles. The van der Waals surface area contributed by atoms with Crippen LogP contribution in [-0.2, 0) is 4.79 Å². The molecular formula is C21H27N3O4. The summed E-state index contributed by atoms with van der Waals surface area (Å²) in [6.45, 7) is 2.79. The van der Waals surface area contributed by atoms with E-state index >= 15 is 0 Å². The highest BCUT2D eigenvalue weighted by molar-refractivity contribution is 5.96. The van der Waals surface area contributed by atoms with Gasteiger partial charge >= 0.3 is 0 Å². The predicted molar refractivity (Wildman–Crippen MR) is 110 cm³/mol. The lowest BCUT2D eigenvalue weighted by atomic mass is 10.2. The van der Waals surface area contributed by atoms with Crippen LogP contribution < -0.4 is 25.4 Å². The van der Waals surface area contributed by atoms with E-state index in [-0.39, 0.29) is 18.4 Å². The highest BCUT2D eigenvalue weighted by Crippen LogP contribution is 2.28. The fourth-order valence-corrected chi connectivity index (χ4v) is 2.52. The second-order valence-electron chi connectivity index (χ2n) is 6.15. The molecule has 0 aliphatic heterocycles. The van der Waals surface area contributed by atoms with Gasteiger partial charge < -0.3 is 25.4 Å². The fraction of sp³-hybridized carbons (Fsp3) is 0.333. The highest BCUT2D eigenvalue weighted by Gasteiger charge is 2.09. The highest BCUT2D eigenvalue weighted by atomic mass is 16.5. The maximum absolute atomic E-state index is 12.2. The average molecular weight is 385 g/mol. The predicted octanol–water partition coefficient (Wildman–Crippen LogP) is 3.28. The summed E-state index contributed by atoms with van der Waals surface area (Å²) in [5.74, 6) is 0.951. The number of hydrogen-bond acceptors (Lipinski definition) is 5. The number of carbonyl (C=O) groups is 2. The lowest BCUT2D eigenvalue weighted by Crippen LogP contribution is -2.24. The van der Waals surface area contributed by atoms with Gasteiger partial charge in [0.15, 0.2) is 0 Å². The second-order valence-corrected chi connectivity index (χ2v) is 6.15. The maximum atomic E-state index is 12.2. The summed E-state index contributed by atoms with van der Waals surface area (Å²) in [5.41, 5.74) is 1.85. The molecule has 0 aliphatic carbocycles. The van der Waals surface area contributed by atoms with Crippen LogP contribution in [0.25, 0.3) is 0 Å². The van der Waals surface area contributed by atoms with Crippen molar-refractivity contribution in [1.82, 2.24) is 5.32 Å². The van der Waals surface area contributed by atoms with Crippen LogP contribution in [0.1, 0.15) is 30.1 Å². The van der Waals surface area contributed by atoms with Crippen molar-refractivity contribution in [3.63, 3.8) is 0 Å². The van der Waals surface area contributed by atoms with Crippen molar-refractivity contribution in [3.05, 3.63) is 48.0 Å². The van der Waals surface area contributed by atoms with Crippen molar-refractivity contribution in [2.24, 2.45) is 0 Å². The molecule has 7 heteroatoms. The van der Waals surface area contributed by atoms with Crippen LogP contribution in [-0.4, -0.2) is 39.1 Å². The van der Waals surface area contributed by atoms with Crippen LogP contribution in [0.2, 0.25) is 0 Å². The molecule has 150 valence electrons. The van der Waals surface area contributed by atoms with Gasteiger partial charge in [-0.3, -0.25) is 9.59 Å². The smallest absolute Gasteiger partial charge is 0.251 e. The van der Waals surface area contributed by atoms with E-state index in [0.717, 1.165) is 12.8 Å². The van der Waals surface area contributed by atoms with Crippen LogP contribution in [0, 0.1) is 0 Å². The van der Waals surface area contributed by atoms with Gasteiger partial charge in [-0.15, -0.1) is 0 Å². The lowest BCUT2D eigenvalue weighted by Gasteiger charge is -2.13. The zero-order valence-electron chi connectivity index (χ0n) is 16.5. The molecule has 3 N–H and O–H groups in total. The summed E-state index contributed by atoms with van der Waals surface area (Å²) in [6, 6.07) is 12.1. The van der Waals surface area contributed by atoms with Gasteiger partial charge in [-0.05, 0) is 42.8 Å². The average Bonchev–Trinajstić information content (AvgIpc) is 2.72. The number of anilines is 2. The SMILES string of the molecule is CCCCNC(=O)c1ccc(NC(=O)CNc2cc(OC)ccc2OC)cc1. The van der Waals surface area contributed by atoms with Crippen LogP contribution >= 0.6 is 0 Å². The van der Waals surface area contributed by atoms with Crippen molar-refractivity contribution >= 4 is 23.2 Å². The first-order valence-corrected chi connectivity index (χ1v) is 9.21. The molecule has 2 aromatic rings. The van der Waals surface area contributed by atoms with Gasteiger partial charge in [0, 0.05) is 23.9 Å². The number of rotatable bonds is 10. The standard InChI is InChI=1S/C21H27N3O4/c1-4-5-12-22-21(26)15-6-8-16(9-7-15)24-20(25)14-23-18-13-17(27-2)10-11-19(18)28-3/h6-11,13,23H,4-5,12,14H2,1-3H3,(H,22,26)(H,24,25). The summed E-state index contributed by atoms with van der Waals surface area (Å²) in [6.07, 6.45) is 1.98. The topological polar surface area (TPSA) is 88.7 Å². The normalized spacial score (nSPS) is 10.1. The Hall–Kier alpha value is -3.22. The van der Waals surface area contributed by atoms with Crippen molar-refractivity contribution < 1.29 is 19.1 Å². The number of methoxy groups -OCH3 is 2. The molecule has 0 bridgehead atoms. The zero-order valence-corrected chi connectivity index (χ0v) is 16.5. The summed E-state index contributed by atoms with van der Waals surface area (Å²) in [7, 11) is 3.14. The maximum Gasteiger partial charge on any atom is 0.251 e. The molecule has 28 heavy (non-hydrogen) atoms. The Bertz CT molecular complexity index is 791. The number of benzene rings is 2. The van der Waals surface area contributed by atoms with Gasteiger partial charge in [0.1, 0.15) is 11.5 Å². The Labute approximate surface area is 165 Å². The number of amides is 2. The monoisotopic (exact) mass is 385 g/mol. The second kappa shape index (κ2) is 10.8. The van der Waals surface area contributed by atoms with Crippen LogP contribution in [0.5, 0.6) is 11.5 Å². The van der Waals surface area contributed by atoms with Crippen LogP contribution in [0.4, 0.5) is 11.4 Å². The third kappa shape index (κ3) is 6.19. The first kappa shape index (κ1) is 21.1. The molecule has 0 heterocycles. The van der Waals surface area contributed by atoms with Gasteiger partial charge in [-0.25, -0.2) is 0 Å². The molecule has 2 amide bonds.